The predicted molar refractivity (Wildman–Crippen MR) is 96.0 cm³/mol. The molecule has 3 rings (SSSR count). The molecule has 1 heterocycles. The first-order valence-electron chi connectivity index (χ1n) is 7.16. The summed E-state index contributed by atoms with van der Waals surface area (Å²) in [5, 5.41) is 0. The van der Waals surface area contributed by atoms with Crippen molar-refractivity contribution in [2.45, 2.75) is 6.92 Å². The lowest BCUT2D eigenvalue weighted by atomic mass is 10.2. The Labute approximate surface area is 146 Å². The maximum atomic E-state index is 12.4. The molecule has 0 aliphatic heterocycles. The lowest BCUT2D eigenvalue weighted by Gasteiger charge is -2.05. The van der Waals surface area contributed by atoms with Crippen LogP contribution >= 0.6 is 27.3 Å². The van der Waals surface area contributed by atoms with Gasteiger partial charge in [0.25, 0.3) is 5.91 Å². The van der Waals surface area contributed by atoms with Crippen molar-refractivity contribution >= 4 is 43.4 Å². The van der Waals surface area contributed by atoms with Crippen molar-refractivity contribution in [1.29, 1.82) is 0 Å². The number of hydrogen-bond donors (Lipinski definition) is 0. The zero-order valence-corrected chi connectivity index (χ0v) is 15.1. The van der Waals surface area contributed by atoms with Crippen LogP contribution in [0.2, 0.25) is 0 Å². The van der Waals surface area contributed by atoms with Gasteiger partial charge >= 0.3 is 0 Å². The number of aryl methyl sites for hydroxylation is 1. The molecular weight excluding hydrogens is 376 g/mol. The largest absolute Gasteiger partial charge is 0.492 e. The summed E-state index contributed by atoms with van der Waals surface area (Å²) in [6.45, 7) is 2.55. The molecule has 0 saturated carbocycles. The van der Waals surface area contributed by atoms with Gasteiger partial charge in [0.1, 0.15) is 11.3 Å². The second-order valence-electron chi connectivity index (χ2n) is 4.91. The fraction of sp³-hybridized carbons (Fsp3) is 0.176. The molecule has 23 heavy (non-hydrogen) atoms. The Morgan fingerprint density at radius 1 is 1.30 bits per heavy atom. The van der Waals surface area contributed by atoms with Gasteiger partial charge in [-0.1, -0.05) is 39.4 Å². The normalized spacial score (nSPS) is 11.9. The number of amides is 1. The molecule has 0 aliphatic carbocycles. The van der Waals surface area contributed by atoms with Crippen molar-refractivity contribution in [3.8, 4) is 5.75 Å². The van der Waals surface area contributed by atoms with Crippen molar-refractivity contribution in [3.63, 3.8) is 0 Å². The number of hydrogen-bond acceptors (Lipinski definition) is 3. The highest BCUT2D eigenvalue weighted by Gasteiger charge is 2.11. The van der Waals surface area contributed by atoms with Gasteiger partial charge in [-0.25, -0.2) is 0 Å². The van der Waals surface area contributed by atoms with E-state index in [9.17, 15) is 4.79 Å². The molecule has 3 aromatic rings. The molecule has 0 unspecified atom stereocenters. The molecule has 1 aromatic heterocycles. The van der Waals surface area contributed by atoms with E-state index < -0.39 is 0 Å². The molecule has 0 aliphatic rings. The van der Waals surface area contributed by atoms with E-state index in [0.29, 0.717) is 17.0 Å². The summed E-state index contributed by atoms with van der Waals surface area (Å²) in [6.07, 6.45) is 0. The van der Waals surface area contributed by atoms with Gasteiger partial charge in [0.05, 0.1) is 11.3 Å². The first kappa shape index (κ1) is 16.0. The van der Waals surface area contributed by atoms with Gasteiger partial charge < -0.3 is 9.30 Å². The van der Waals surface area contributed by atoms with Gasteiger partial charge in [0.2, 0.25) is 0 Å². The van der Waals surface area contributed by atoms with E-state index in [1.54, 1.807) is 12.1 Å². The Bertz CT molecular complexity index is 943. The summed E-state index contributed by atoms with van der Waals surface area (Å²) in [5.41, 5.74) is 1.52. The maximum Gasteiger partial charge on any atom is 0.279 e. The van der Waals surface area contributed by atoms with Gasteiger partial charge in [-0.2, -0.15) is 4.99 Å². The summed E-state index contributed by atoms with van der Waals surface area (Å²) in [7, 11) is 1.90. The number of nitrogens with zero attached hydrogens (tertiary/aromatic N) is 2. The highest BCUT2D eigenvalue weighted by atomic mass is 79.9. The van der Waals surface area contributed by atoms with E-state index in [0.717, 1.165) is 20.4 Å². The minimum Gasteiger partial charge on any atom is -0.492 e. The minimum absolute atomic E-state index is 0.258. The van der Waals surface area contributed by atoms with Crippen molar-refractivity contribution in [1.82, 2.24) is 4.57 Å². The van der Waals surface area contributed by atoms with Gasteiger partial charge in [-0.3, -0.25) is 4.79 Å². The molecule has 0 N–H and O–H groups in total. The van der Waals surface area contributed by atoms with Crippen LogP contribution in [0.25, 0.3) is 10.2 Å². The quantitative estimate of drug-likeness (QED) is 0.674. The summed E-state index contributed by atoms with van der Waals surface area (Å²) in [5.74, 6) is 0.548. The number of halogens is 1. The zero-order valence-electron chi connectivity index (χ0n) is 12.7. The van der Waals surface area contributed by atoms with Crippen LogP contribution in [0.3, 0.4) is 0 Å². The van der Waals surface area contributed by atoms with E-state index in [-0.39, 0.29) is 5.91 Å². The summed E-state index contributed by atoms with van der Waals surface area (Å²) in [6, 6.07) is 13.1. The number of ether oxygens (including phenoxy) is 1. The van der Waals surface area contributed by atoms with Crippen molar-refractivity contribution in [2.24, 2.45) is 12.0 Å². The van der Waals surface area contributed by atoms with Crippen molar-refractivity contribution in [3.05, 3.63) is 57.3 Å². The van der Waals surface area contributed by atoms with Crippen molar-refractivity contribution < 1.29 is 9.53 Å². The molecular formula is C17H15BrN2O2S. The molecule has 0 radical (unpaired) electrons. The summed E-state index contributed by atoms with van der Waals surface area (Å²) < 4.78 is 9.48. The third-order valence-corrected chi connectivity index (χ3v) is 4.94. The third kappa shape index (κ3) is 3.23. The van der Waals surface area contributed by atoms with E-state index in [1.165, 1.54) is 11.3 Å². The SMILES string of the molecule is CCOc1cccc2sc(=NC(=O)c3cccc(Br)c3)n(C)c12. The molecule has 4 nitrogen and oxygen atoms in total. The van der Waals surface area contributed by atoms with Crippen LogP contribution in [-0.4, -0.2) is 17.1 Å². The number of thiazole rings is 1. The lowest BCUT2D eigenvalue weighted by Crippen LogP contribution is -2.13. The number of benzene rings is 2. The number of carbonyl (C=O) groups is 1. The minimum atomic E-state index is -0.258. The molecule has 0 fully saturated rings. The van der Waals surface area contributed by atoms with E-state index in [1.807, 2.05) is 48.9 Å². The van der Waals surface area contributed by atoms with E-state index in [2.05, 4.69) is 20.9 Å². The van der Waals surface area contributed by atoms with Crippen molar-refractivity contribution in [2.75, 3.05) is 6.61 Å². The van der Waals surface area contributed by atoms with Gasteiger partial charge in [-0.15, -0.1) is 0 Å². The standard InChI is InChI=1S/C17H15BrN2O2S/c1-3-22-13-8-5-9-14-15(13)20(2)17(23-14)19-16(21)11-6-4-7-12(18)10-11/h4-10H,3H2,1-2H3. The molecule has 0 atom stereocenters. The van der Waals surface area contributed by atoms with Crippen LogP contribution in [0.1, 0.15) is 17.3 Å². The summed E-state index contributed by atoms with van der Waals surface area (Å²) in [4.78, 5) is 17.3. The fourth-order valence-electron chi connectivity index (χ4n) is 2.32. The smallest absolute Gasteiger partial charge is 0.279 e. The van der Waals surface area contributed by atoms with E-state index in [4.69, 9.17) is 4.74 Å². The van der Waals surface area contributed by atoms with Crippen LogP contribution in [-0.2, 0) is 7.05 Å². The highest BCUT2D eigenvalue weighted by Crippen LogP contribution is 2.26. The first-order chi connectivity index (χ1) is 11.1. The second-order valence-corrected chi connectivity index (χ2v) is 6.83. The zero-order chi connectivity index (χ0) is 16.4. The molecule has 0 saturated heterocycles. The van der Waals surface area contributed by atoms with Crippen LogP contribution in [0.5, 0.6) is 5.75 Å². The molecule has 6 heteroatoms. The molecule has 0 spiro atoms. The lowest BCUT2D eigenvalue weighted by molar-refractivity contribution is 0.0998. The molecule has 1 amide bonds. The third-order valence-electron chi connectivity index (χ3n) is 3.35. The van der Waals surface area contributed by atoms with Gasteiger partial charge in [0, 0.05) is 17.1 Å². The number of aromatic nitrogens is 1. The van der Waals surface area contributed by atoms with Gasteiger partial charge in [-0.05, 0) is 37.3 Å². The average Bonchev–Trinajstić information content (AvgIpc) is 2.85. The molecule has 118 valence electrons. The Balaban J connectivity index is 2.11. The van der Waals surface area contributed by atoms with Crippen LogP contribution in [0.15, 0.2) is 51.9 Å². The second kappa shape index (κ2) is 6.68. The number of para-hydroxylation sites is 1. The summed E-state index contributed by atoms with van der Waals surface area (Å²) >= 11 is 4.85. The predicted octanol–water partition coefficient (Wildman–Crippen LogP) is 4.14. The Morgan fingerprint density at radius 2 is 2.09 bits per heavy atom. The highest BCUT2D eigenvalue weighted by molar-refractivity contribution is 9.10. The Kier molecular flexibility index (Phi) is 4.63. The fourth-order valence-corrected chi connectivity index (χ4v) is 3.75. The number of fused-ring (bicyclic) bond motifs is 1. The first-order valence-corrected chi connectivity index (χ1v) is 8.77. The monoisotopic (exact) mass is 390 g/mol. The number of rotatable bonds is 3. The number of carbonyl (C=O) groups excluding carboxylic acids is 1. The maximum absolute atomic E-state index is 12.4. The Morgan fingerprint density at radius 3 is 2.83 bits per heavy atom. The molecule has 2 aromatic carbocycles. The topological polar surface area (TPSA) is 43.6 Å². The van der Waals surface area contributed by atoms with Crippen LogP contribution in [0.4, 0.5) is 0 Å². The van der Waals surface area contributed by atoms with Crippen LogP contribution < -0.4 is 9.54 Å². The van der Waals surface area contributed by atoms with E-state index >= 15 is 0 Å². The van der Waals surface area contributed by atoms with Gasteiger partial charge in [0.15, 0.2) is 4.80 Å². The Hall–Kier alpha value is -1.92. The van der Waals surface area contributed by atoms with Crippen LogP contribution in [0, 0.1) is 0 Å². The average molecular weight is 391 g/mol. The molecule has 0 bridgehead atoms.